The zero-order valence-electron chi connectivity index (χ0n) is 14.6. The third kappa shape index (κ3) is 3.24. The predicted molar refractivity (Wildman–Crippen MR) is 90.4 cm³/mol. The smallest absolute Gasteiger partial charge is 0.147 e. The third-order valence-corrected chi connectivity index (χ3v) is 4.51. The summed E-state index contributed by atoms with van der Waals surface area (Å²) in [5.41, 5.74) is 2.32. The molecule has 3 heterocycles. The number of fused-ring (bicyclic) bond motifs is 1. The molecule has 0 aromatic carbocycles. The van der Waals surface area contributed by atoms with Gasteiger partial charge in [-0.15, -0.1) is 10.2 Å². The molecule has 3 rings (SSSR count). The zero-order valence-corrected chi connectivity index (χ0v) is 14.6. The van der Waals surface area contributed by atoms with Crippen LogP contribution in [0.5, 0.6) is 0 Å². The molecule has 7 nitrogen and oxygen atoms in total. The minimum Gasteiger partial charge on any atom is -0.363 e. The van der Waals surface area contributed by atoms with E-state index in [1.54, 1.807) is 0 Å². The molecule has 0 radical (unpaired) electrons. The van der Waals surface area contributed by atoms with Crippen molar-refractivity contribution in [3.05, 3.63) is 22.9 Å². The molecule has 1 aliphatic heterocycles. The van der Waals surface area contributed by atoms with Gasteiger partial charge >= 0.3 is 0 Å². The van der Waals surface area contributed by atoms with Crippen LogP contribution in [0, 0.1) is 6.92 Å². The summed E-state index contributed by atoms with van der Waals surface area (Å²) in [5, 5.41) is 16.8. The van der Waals surface area contributed by atoms with Crippen LogP contribution in [-0.2, 0) is 33.1 Å². The molecule has 1 aliphatic rings. The van der Waals surface area contributed by atoms with Gasteiger partial charge in [-0.25, -0.2) is 0 Å². The van der Waals surface area contributed by atoms with E-state index >= 15 is 0 Å². The Morgan fingerprint density at radius 1 is 1.13 bits per heavy atom. The van der Waals surface area contributed by atoms with Gasteiger partial charge in [0.05, 0.1) is 12.2 Å². The van der Waals surface area contributed by atoms with Crippen LogP contribution in [-0.4, -0.2) is 38.6 Å². The van der Waals surface area contributed by atoms with Gasteiger partial charge in [-0.3, -0.25) is 4.68 Å². The molecule has 0 spiro atoms. The lowest BCUT2D eigenvalue weighted by Crippen LogP contribution is -2.20. The van der Waals surface area contributed by atoms with E-state index < -0.39 is 0 Å². The minimum absolute atomic E-state index is 0.744. The first kappa shape index (κ1) is 16.0. The molecule has 0 saturated carbocycles. The summed E-state index contributed by atoms with van der Waals surface area (Å²) < 4.78 is 4.23. The standard InChI is InChI=1S/C16H27N7/c1-12-13(16(21(2)3)22(4)20-12)10-17-11-15-19-18-14-8-6-5-7-9-23(14)15/h17H,5-11H2,1-4H3. The summed E-state index contributed by atoms with van der Waals surface area (Å²) in [6, 6.07) is 0. The Bertz CT molecular complexity index is 668. The van der Waals surface area contributed by atoms with Gasteiger partial charge < -0.3 is 14.8 Å². The molecule has 0 amide bonds. The Hall–Kier alpha value is -1.89. The van der Waals surface area contributed by atoms with Crippen molar-refractivity contribution in [2.45, 2.75) is 52.2 Å². The van der Waals surface area contributed by atoms with E-state index in [0.29, 0.717) is 0 Å². The van der Waals surface area contributed by atoms with Crippen LogP contribution in [0.1, 0.15) is 42.2 Å². The van der Waals surface area contributed by atoms with Crippen LogP contribution in [0.4, 0.5) is 5.82 Å². The van der Waals surface area contributed by atoms with E-state index in [2.05, 4.69) is 51.1 Å². The number of aryl methyl sites for hydroxylation is 3. The van der Waals surface area contributed by atoms with Gasteiger partial charge in [0.1, 0.15) is 17.5 Å². The SMILES string of the molecule is Cc1nn(C)c(N(C)C)c1CNCc1nnc2n1CCCCC2. The number of nitrogens with one attached hydrogen (secondary N) is 1. The summed E-state index contributed by atoms with van der Waals surface area (Å²) >= 11 is 0. The molecule has 0 saturated heterocycles. The van der Waals surface area contributed by atoms with Crippen molar-refractivity contribution >= 4 is 5.82 Å². The summed E-state index contributed by atoms with van der Waals surface area (Å²) in [4.78, 5) is 2.11. The highest BCUT2D eigenvalue weighted by atomic mass is 15.4. The summed E-state index contributed by atoms with van der Waals surface area (Å²) in [6.07, 6.45) is 4.80. The van der Waals surface area contributed by atoms with Gasteiger partial charge in [0, 0.05) is 46.2 Å². The molecule has 2 aromatic heterocycles. The van der Waals surface area contributed by atoms with E-state index in [0.717, 1.165) is 49.2 Å². The number of anilines is 1. The largest absolute Gasteiger partial charge is 0.363 e. The van der Waals surface area contributed by atoms with E-state index in [1.165, 1.54) is 24.8 Å². The van der Waals surface area contributed by atoms with Crippen molar-refractivity contribution in [3.8, 4) is 0 Å². The minimum atomic E-state index is 0.744. The monoisotopic (exact) mass is 317 g/mol. The molecule has 0 fully saturated rings. The first-order chi connectivity index (χ1) is 11.1. The maximum atomic E-state index is 4.53. The first-order valence-corrected chi connectivity index (χ1v) is 8.39. The molecule has 0 unspecified atom stereocenters. The fourth-order valence-corrected chi connectivity index (χ4v) is 3.43. The van der Waals surface area contributed by atoms with Crippen molar-refractivity contribution in [2.24, 2.45) is 7.05 Å². The van der Waals surface area contributed by atoms with E-state index in [4.69, 9.17) is 0 Å². The van der Waals surface area contributed by atoms with E-state index in [-0.39, 0.29) is 0 Å². The number of hydrogen-bond acceptors (Lipinski definition) is 5. The van der Waals surface area contributed by atoms with Crippen LogP contribution in [0.15, 0.2) is 0 Å². The molecule has 0 atom stereocenters. The van der Waals surface area contributed by atoms with Crippen molar-refractivity contribution in [1.29, 1.82) is 0 Å². The highest BCUT2D eigenvalue weighted by molar-refractivity contribution is 5.48. The van der Waals surface area contributed by atoms with Crippen molar-refractivity contribution in [3.63, 3.8) is 0 Å². The van der Waals surface area contributed by atoms with Crippen LogP contribution >= 0.6 is 0 Å². The topological polar surface area (TPSA) is 63.8 Å². The fraction of sp³-hybridized carbons (Fsp3) is 0.688. The first-order valence-electron chi connectivity index (χ1n) is 8.39. The highest BCUT2D eigenvalue weighted by Gasteiger charge is 2.17. The predicted octanol–water partition coefficient (Wildman–Crippen LogP) is 1.40. The maximum absolute atomic E-state index is 4.53. The van der Waals surface area contributed by atoms with Gasteiger partial charge in [-0.05, 0) is 19.8 Å². The Balaban J connectivity index is 1.68. The number of rotatable bonds is 5. The Morgan fingerprint density at radius 2 is 1.96 bits per heavy atom. The quantitative estimate of drug-likeness (QED) is 0.903. The molecule has 0 aliphatic carbocycles. The summed E-state index contributed by atoms with van der Waals surface area (Å²) in [5.74, 6) is 3.34. The molecule has 23 heavy (non-hydrogen) atoms. The van der Waals surface area contributed by atoms with Crippen LogP contribution in [0.2, 0.25) is 0 Å². The average Bonchev–Trinajstić information content (AvgIpc) is 2.90. The van der Waals surface area contributed by atoms with Crippen molar-refractivity contribution in [2.75, 3.05) is 19.0 Å². The highest BCUT2D eigenvalue weighted by Crippen LogP contribution is 2.21. The molecule has 0 bridgehead atoms. The van der Waals surface area contributed by atoms with Gasteiger partial charge in [-0.2, -0.15) is 5.10 Å². The van der Waals surface area contributed by atoms with Gasteiger partial charge in [0.25, 0.3) is 0 Å². The van der Waals surface area contributed by atoms with Crippen LogP contribution in [0.25, 0.3) is 0 Å². The Kier molecular flexibility index (Phi) is 4.66. The van der Waals surface area contributed by atoms with E-state index in [9.17, 15) is 0 Å². The lowest BCUT2D eigenvalue weighted by atomic mass is 10.2. The van der Waals surface area contributed by atoms with Crippen LogP contribution in [0.3, 0.4) is 0 Å². The number of hydrogen-bond donors (Lipinski definition) is 1. The lowest BCUT2D eigenvalue weighted by molar-refractivity contribution is 0.572. The molecule has 7 heteroatoms. The second kappa shape index (κ2) is 6.70. The van der Waals surface area contributed by atoms with Crippen LogP contribution < -0.4 is 10.2 Å². The molecular formula is C16H27N7. The molecule has 1 N–H and O–H groups in total. The lowest BCUT2D eigenvalue weighted by Gasteiger charge is -2.15. The second-order valence-electron chi connectivity index (χ2n) is 6.50. The van der Waals surface area contributed by atoms with E-state index in [1.807, 2.05) is 11.7 Å². The molecular weight excluding hydrogens is 290 g/mol. The summed E-state index contributed by atoms with van der Waals surface area (Å²) in [7, 11) is 6.10. The molecule has 126 valence electrons. The zero-order chi connectivity index (χ0) is 16.4. The number of nitrogens with zero attached hydrogens (tertiary/aromatic N) is 6. The Morgan fingerprint density at radius 3 is 2.74 bits per heavy atom. The average molecular weight is 317 g/mol. The maximum Gasteiger partial charge on any atom is 0.147 e. The van der Waals surface area contributed by atoms with Gasteiger partial charge in [0.2, 0.25) is 0 Å². The Labute approximate surface area is 137 Å². The second-order valence-corrected chi connectivity index (χ2v) is 6.50. The molecule has 2 aromatic rings. The van der Waals surface area contributed by atoms with Gasteiger partial charge in [-0.1, -0.05) is 6.42 Å². The summed E-state index contributed by atoms with van der Waals surface area (Å²) in [6.45, 7) is 4.64. The van der Waals surface area contributed by atoms with Crippen molar-refractivity contribution < 1.29 is 0 Å². The van der Waals surface area contributed by atoms with Crippen molar-refractivity contribution in [1.82, 2.24) is 29.9 Å². The normalized spacial score (nSPS) is 14.6. The van der Waals surface area contributed by atoms with Gasteiger partial charge in [0.15, 0.2) is 0 Å². The fourth-order valence-electron chi connectivity index (χ4n) is 3.43. The number of aromatic nitrogens is 5. The third-order valence-electron chi connectivity index (χ3n) is 4.51.